The molecular weight excluding hydrogens is 455 g/mol. The van der Waals surface area contributed by atoms with Crippen LogP contribution in [0.25, 0.3) is 10.1 Å². The molecule has 0 fully saturated rings. The Morgan fingerprint density at radius 1 is 0.968 bits per heavy atom. The van der Waals surface area contributed by atoms with Crippen LogP contribution in [0.2, 0.25) is 10.0 Å². The van der Waals surface area contributed by atoms with Crippen molar-refractivity contribution < 1.29 is 14.3 Å². The molecular formula is C23H14Cl2N2O3S. The number of thiophene rings is 1. The second-order valence-electron chi connectivity index (χ2n) is 6.41. The molecule has 8 heteroatoms. The normalized spacial score (nSPS) is 11.0. The molecule has 0 atom stereocenters. The van der Waals surface area contributed by atoms with Gasteiger partial charge in [0.1, 0.15) is 10.6 Å². The average molecular weight is 469 g/mol. The van der Waals surface area contributed by atoms with Crippen LogP contribution in [0.3, 0.4) is 0 Å². The van der Waals surface area contributed by atoms with Crippen molar-refractivity contribution in [1.82, 2.24) is 5.43 Å². The molecule has 1 amide bonds. The van der Waals surface area contributed by atoms with Gasteiger partial charge in [-0.05, 0) is 54.1 Å². The van der Waals surface area contributed by atoms with E-state index in [0.29, 0.717) is 31.8 Å². The van der Waals surface area contributed by atoms with Gasteiger partial charge in [0, 0.05) is 15.1 Å². The molecule has 0 spiro atoms. The first-order chi connectivity index (χ1) is 15.0. The predicted octanol–water partition coefficient (Wildman–Crippen LogP) is 6.19. The Morgan fingerprint density at radius 3 is 2.48 bits per heavy atom. The number of fused-ring (bicyclic) bond motifs is 1. The molecule has 1 N–H and O–H groups in total. The highest BCUT2D eigenvalue weighted by Crippen LogP contribution is 2.34. The van der Waals surface area contributed by atoms with Crippen LogP contribution in [0.5, 0.6) is 5.75 Å². The Kier molecular flexibility index (Phi) is 6.32. The van der Waals surface area contributed by atoms with Crippen LogP contribution in [-0.4, -0.2) is 18.1 Å². The van der Waals surface area contributed by atoms with Crippen molar-refractivity contribution in [2.45, 2.75) is 0 Å². The molecule has 31 heavy (non-hydrogen) atoms. The first-order valence-electron chi connectivity index (χ1n) is 9.09. The minimum Gasteiger partial charge on any atom is -0.423 e. The van der Waals surface area contributed by atoms with Crippen LogP contribution >= 0.6 is 34.5 Å². The van der Waals surface area contributed by atoms with Crippen molar-refractivity contribution in [2.75, 3.05) is 0 Å². The number of carbonyl (C=O) groups is 2. The minimum atomic E-state index is -0.503. The first kappa shape index (κ1) is 21.1. The van der Waals surface area contributed by atoms with Crippen LogP contribution in [0.1, 0.15) is 25.6 Å². The van der Waals surface area contributed by atoms with Crippen molar-refractivity contribution in [2.24, 2.45) is 5.10 Å². The van der Waals surface area contributed by atoms with Gasteiger partial charge in [-0.2, -0.15) is 5.10 Å². The fraction of sp³-hybridized carbons (Fsp3) is 0. The Bertz CT molecular complexity index is 1300. The summed E-state index contributed by atoms with van der Waals surface area (Å²) in [5, 5.41) is 5.69. The van der Waals surface area contributed by atoms with Gasteiger partial charge >= 0.3 is 5.97 Å². The molecule has 3 aromatic carbocycles. The molecule has 5 nitrogen and oxygen atoms in total. The molecule has 0 bridgehead atoms. The number of nitrogens with one attached hydrogen (secondary N) is 1. The lowest BCUT2D eigenvalue weighted by Crippen LogP contribution is -2.16. The van der Waals surface area contributed by atoms with Crippen molar-refractivity contribution in [3.05, 3.63) is 98.8 Å². The number of hydrogen-bond acceptors (Lipinski definition) is 5. The summed E-state index contributed by atoms with van der Waals surface area (Å²) >= 11 is 13.5. The highest BCUT2D eigenvalue weighted by Gasteiger charge is 2.16. The SMILES string of the molecule is O=C(Oc1ccc(C=NNC(=O)c2sc3ccccc3c2Cl)cc1)c1cccc(Cl)c1. The molecule has 0 saturated carbocycles. The van der Waals surface area contributed by atoms with Crippen molar-refractivity contribution in [3.8, 4) is 5.75 Å². The van der Waals surface area contributed by atoms with Crippen molar-refractivity contribution in [1.29, 1.82) is 0 Å². The summed E-state index contributed by atoms with van der Waals surface area (Å²) in [5.41, 5.74) is 3.56. The third-order valence-electron chi connectivity index (χ3n) is 4.27. The summed E-state index contributed by atoms with van der Waals surface area (Å²) < 4.78 is 6.26. The quantitative estimate of drug-likeness (QED) is 0.164. The molecule has 0 aliphatic heterocycles. The van der Waals surface area contributed by atoms with Crippen molar-refractivity contribution >= 4 is 62.7 Å². The number of rotatable bonds is 5. The summed E-state index contributed by atoms with van der Waals surface area (Å²) in [6.45, 7) is 0. The molecule has 1 aromatic heterocycles. The number of halogens is 2. The van der Waals surface area contributed by atoms with Crippen LogP contribution in [-0.2, 0) is 0 Å². The van der Waals surface area contributed by atoms with Gasteiger partial charge in [0.05, 0.1) is 16.8 Å². The summed E-state index contributed by atoms with van der Waals surface area (Å²) in [7, 11) is 0. The Balaban J connectivity index is 1.37. The van der Waals surface area contributed by atoms with E-state index in [1.807, 2.05) is 24.3 Å². The second kappa shape index (κ2) is 9.31. The number of hydrazone groups is 1. The fourth-order valence-electron chi connectivity index (χ4n) is 2.78. The van der Waals surface area contributed by atoms with Crippen molar-refractivity contribution in [3.63, 3.8) is 0 Å². The molecule has 0 unspecified atom stereocenters. The first-order valence-corrected chi connectivity index (χ1v) is 10.7. The highest BCUT2D eigenvalue weighted by atomic mass is 35.5. The van der Waals surface area contributed by atoms with Gasteiger partial charge in [-0.3, -0.25) is 4.79 Å². The summed E-state index contributed by atoms with van der Waals surface area (Å²) in [6, 6.07) is 20.8. The zero-order valence-electron chi connectivity index (χ0n) is 15.8. The van der Waals surface area contributed by atoms with E-state index in [4.69, 9.17) is 27.9 Å². The summed E-state index contributed by atoms with van der Waals surface area (Å²) in [4.78, 5) is 25.0. The van der Waals surface area contributed by atoms with Gasteiger partial charge in [-0.1, -0.05) is 47.5 Å². The summed E-state index contributed by atoms with van der Waals surface area (Å²) in [5.74, 6) is -0.505. The smallest absolute Gasteiger partial charge is 0.343 e. The van der Waals surface area contributed by atoms with E-state index >= 15 is 0 Å². The van der Waals surface area contributed by atoms with E-state index in [2.05, 4.69) is 10.5 Å². The van der Waals surface area contributed by atoms with Crippen LogP contribution < -0.4 is 10.2 Å². The van der Waals surface area contributed by atoms with Crippen LogP contribution in [0.15, 0.2) is 77.9 Å². The number of amides is 1. The Hall–Kier alpha value is -3.19. The molecule has 0 aliphatic carbocycles. The maximum absolute atomic E-state index is 12.4. The zero-order chi connectivity index (χ0) is 21.8. The predicted molar refractivity (Wildman–Crippen MR) is 125 cm³/mol. The van der Waals surface area contributed by atoms with Crippen LogP contribution in [0.4, 0.5) is 0 Å². The molecule has 1 heterocycles. The number of carbonyl (C=O) groups excluding carboxylic acids is 2. The maximum Gasteiger partial charge on any atom is 0.343 e. The van der Waals surface area contributed by atoms with Gasteiger partial charge in [0.25, 0.3) is 5.91 Å². The lowest BCUT2D eigenvalue weighted by molar-refractivity contribution is 0.0734. The van der Waals surface area contributed by atoms with E-state index in [-0.39, 0.29) is 5.91 Å². The standard InChI is InChI=1S/C23H14Cl2N2O3S/c24-16-5-3-4-15(12-16)23(29)30-17-10-8-14(9-11-17)13-26-27-22(28)21-20(25)18-6-1-2-7-19(18)31-21/h1-13H,(H,27,28). The van der Waals surface area contributed by atoms with E-state index < -0.39 is 5.97 Å². The van der Waals surface area contributed by atoms with Gasteiger partial charge in [-0.25, -0.2) is 10.2 Å². The van der Waals surface area contributed by atoms with Gasteiger partial charge < -0.3 is 4.74 Å². The van der Waals surface area contributed by atoms with Gasteiger partial charge in [0.15, 0.2) is 0 Å². The van der Waals surface area contributed by atoms with Gasteiger partial charge in [-0.15, -0.1) is 11.3 Å². The lowest BCUT2D eigenvalue weighted by atomic mass is 10.2. The highest BCUT2D eigenvalue weighted by molar-refractivity contribution is 7.21. The van der Waals surface area contributed by atoms with Gasteiger partial charge in [0.2, 0.25) is 0 Å². The monoisotopic (exact) mass is 468 g/mol. The molecule has 0 saturated heterocycles. The fourth-order valence-corrected chi connectivity index (χ4v) is 4.38. The number of nitrogens with zero attached hydrogens (tertiary/aromatic N) is 1. The molecule has 0 radical (unpaired) electrons. The Labute approximate surface area is 191 Å². The number of ether oxygens (including phenoxy) is 1. The van der Waals surface area contributed by atoms with E-state index in [1.165, 1.54) is 23.6 Å². The lowest BCUT2D eigenvalue weighted by Gasteiger charge is -2.05. The number of esters is 1. The second-order valence-corrected chi connectivity index (χ2v) is 8.28. The largest absolute Gasteiger partial charge is 0.423 e. The maximum atomic E-state index is 12.4. The third kappa shape index (κ3) is 4.94. The number of hydrogen-bond donors (Lipinski definition) is 1. The molecule has 4 rings (SSSR count). The third-order valence-corrected chi connectivity index (χ3v) is 6.18. The zero-order valence-corrected chi connectivity index (χ0v) is 18.2. The van der Waals surface area contributed by atoms with E-state index in [0.717, 1.165) is 10.1 Å². The number of benzene rings is 3. The topological polar surface area (TPSA) is 67.8 Å². The van der Waals surface area contributed by atoms with Crippen LogP contribution in [0, 0.1) is 0 Å². The van der Waals surface area contributed by atoms with E-state index in [1.54, 1.807) is 42.5 Å². The summed E-state index contributed by atoms with van der Waals surface area (Å²) in [6.07, 6.45) is 1.49. The van der Waals surface area contributed by atoms with E-state index in [9.17, 15) is 9.59 Å². The minimum absolute atomic E-state index is 0.362. The average Bonchev–Trinajstić information content (AvgIpc) is 3.12. The Morgan fingerprint density at radius 2 is 1.74 bits per heavy atom. The molecule has 154 valence electrons. The molecule has 0 aliphatic rings. The molecule has 4 aromatic rings.